The summed E-state index contributed by atoms with van der Waals surface area (Å²) in [5, 5.41) is 0.588. The van der Waals surface area contributed by atoms with Gasteiger partial charge in [0.1, 0.15) is 12.2 Å². The second-order valence-electron chi connectivity index (χ2n) is 12.7. The van der Waals surface area contributed by atoms with Crippen molar-refractivity contribution in [2.75, 3.05) is 50.7 Å². The van der Waals surface area contributed by atoms with Crippen LogP contribution >= 0.6 is 11.6 Å². The maximum atomic E-state index is 13.8. The van der Waals surface area contributed by atoms with Crippen LogP contribution in [0.3, 0.4) is 0 Å². The van der Waals surface area contributed by atoms with Gasteiger partial charge in [-0.1, -0.05) is 48.0 Å². The van der Waals surface area contributed by atoms with Crippen molar-refractivity contribution in [3.8, 4) is 0 Å². The minimum Gasteiger partial charge on any atom is -0.445 e. The molecule has 0 aliphatic carbocycles. The molecule has 0 bridgehead atoms. The van der Waals surface area contributed by atoms with Crippen molar-refractivity contribution >= 4 is 35.4 Å². The number of ether oxygens (including phenoxy) is 2. The summed E-state index contributed by atoms with van der Waals surface area (Å²) in [6.07, 6.45) is 0.839. The first-order chi connectivity index (χ1) is 19.9. The third kappa shape index (κ3) is 6.68. The molecule has 0 radical (unpaired) electrons. The Labute approximate surface area is 253 Å². The highest BCUT2D eigenvalue weighted by molar-refractivity contribution is 6.31. The van der Waals surface area contributed by atoms with Crippen molar-refractivity contribution in [3.05, 3.63) is 64.7 Å². The monoisotopic (exact) mass is 596 g/mol. The van der Waals surface area contributed by atoms with Crippen LogP contribution in [-0.2, 0) is 26.3 Å². The quantitative estimate of drug-likeness (QED) is 0.476. The van der Waals surface area contributed by atoms with Gasteiger partial charge in [-0.2, -0.15) is 0 Å². The molecule has 9 nitrogen and oxygen atoms in total. The second-order valence-corrected chi connectivity index (χ2v) is 13.1. The van der Waals surface area contributed by atoms with Crippen molar-refractivity contribution in [2.45, 2.75) is 64.2 Å². The first-order valence-corrected chi connectivity index (χ1v) is 15.1. The summed E-state index contributed by atoms with van der Waals surface area (Å²) in [5.74, 6) is 0.0120. The van der Waals surface area contributed by atoms with Gasteiger partial charge in [0, 0.05) is 61.4 Å². The van der Waals surface area contributed by atoms with E-state index in [1.807, 2.05) is 81.1 Å². The molecule has 0 N–H and O–H groups in total. The molecule has 0 unspecified atom stereocenters. The number of benzene rings is 2. The maximum Gasteiger partial charge on any atom is 0.410 e. The number of hydrogen-bond acceptors (Lipinski definition) is 6. The molecule has 0 saturated carbocycles. The van der Waals surface area contributed by atoms with Crippen molar-refractivity contribution in [2.24, 2.45) is 0 Å². The Hall–Kier alpha value is -3.30. The van der Waals surface area contributed by atoms with E-state index < -0.39 is 5.60 Å². The van der Waals surface area contributed by atoms with Crippen LogP contribution in [0.1, 0.15) is 51.7 Å². The molecule has 3 aliphatic heterocycles. The molecule has 42 heavy (non-hydrogen) atoms. The van der Waals surface area contributed by atoms with Gasteiger partial charge in [-0.3, -0.25) is 9.69 Å². The predicted molar refractivity (Wildman–Crippen MR) is 162 cm³/mol. The number of anilines is 1. The number of piperidine rings is 1. The number of nitrogens with zero attached hydrogens (tertiary/aromatic N) is 4. The van der Waals surface area contributed by atoms with Crippen LogP contribution in [0.2, 0.25) is 5.02 Å². The molecular weight excluding hydrogens is 556 g/mol. The Morgan fingerprint density at radius 2 is 1.69 bits per heavy atom. The first kappa shape index (κ1) is 30.2. The average Bonchev–Trinajstić information content (AvgIpc) is 3.24. The molecule has 5 rings (SSSR count). The summed E-state index contributed by atoms with van der Waals surface area (Å²) >= 11 is 6.41. The van der Waals surface area contributed by atoms with Gasteiger partial charge >= 0.3 is 12.2 Å². The van der Waals surface area contributed by atoms with Gasteiger partial charge < -0.3 is 24.2 Å². The Balaban J connectivity index is 1.20. The smallest absolute Gasteiger partial charge is 0.410 e. The number of amides is 3. The van der Waals surface area contributed by atoms with Crippen LogP contribution < -0.4 is 4.90 Å². The average molecular weight is 597 g/mol. The molecule has 10 heteroatoms. The number of carbonyl (C=O) groups is 3. The van der Waals surface area contributed by atoms with E-state index in [-0.39, 0.29) is 42.7 Å². The molecule has 1 spiro atoms. The molecule has 2 saturated heterocycles. The summed E-state index contributed by atoms with van der Waals surface area (Å²) in [4.78, 5) is 46.7. The fourth-order valence-corrected chi connectivity index (χ4v) is 6.44. The van der Waals surface area contributed by atoms with E-state index >= 15 is 0 Å². The molecular formula is C32H41ClN4O5. The van der Waals surface area contributed by atoms with E-state index in [1.165, 1.54) is 0 Å². The third-order valence-corrected chi connectivity index (χ3v) is 8.70. The van der Waals surface area contributed by atoms with E-state index in [0.717, 1.165) is 29.7 Å². The zero-order valence-electron chi connectivity index (χ0n) is 25.0. The van der Waals surface area contributed by atoms with Crippen LogP contribution in [0.4, 0.5) is 15.3 Å². The number of halogens is 1. The number of hydrogen-bond donors (Lipinski definition) is 0. The lowest BCUT2D eigenvalue weighted by atomic mass is 9.74. The van der Waals surface area contributed by atoms with Crippen molar-refractivity contribution in [1.82, 2.24) is 14.7 Å². The number of likely N-dealkylation sites (tertiary alicyclic amines) is 1. The maximum absolute atomic E-state index is 13.8. The fraction of sp³-hybridized carbons (Fsp3) is 0.531. The number of piperazine rings is 1. The third-order valence-electron chi connectivity index (χ3n) is 8.47. The lowest BCUT2D eigenvalue weighted by Gasteiger charge is -2.41. The lowest BCUT2D eigenvalue weighted by Crippen LogP contribution is -2.56. The first-order valence-electron chi connectivity index (χ1n) is 14.7. The highest BCUT2D eigenvalue weighted by atomic mass is 35.5. The Bertz CT molecular complexity index is 1310. The Morgan fingerprint density at radius 3 is 2.36 bits per heavy atom. The number of carbonyl (C=O) groups excluding carboxylic acids is 3. The van der Waals surface area contributed by atoms with Crippen molar-refractivity contribution in [1.29, 1.82) is 0 Å². The minimum atomic E-state index is -0.553. The molecule has 3 aliphatic rings. The van der Waals surface area contributed by atoms with E-state index in [1.54, 1.807) is 9.80 Å². The normalized spacial score (nSPS) is 20.4. The van der Waals surface area contributed by atoms with Crippen LogP contribution in [0.25, 0.3) is 0 Å². The van der Waals surface area contributed by atoms with Gasteiger partial charge in [0.05, 0.1) is 6.54 Å². The molecule has 0 aromatic heterocycles. The van der Waals surface area contributed by atoms with Crippen LogP contribution in [-0.4, -0.2) is 90.2 Å². The molecule has 2 aromatic rings. The Morgan fingerprint density at radius 1 is 0.976 bits per heavy atom. The highest BCUT2D eigenvalue weighted by Gasteiger charge is 2.47. The predicted octanol–water partition coefficient (Wildman–Crippen LogP) is 5.30. The van der Waals surface area contributed by atoms with Gasteiger partial charge in [-0.15, -0.1) is 0 Å². The van der Waals surface area contributed by atoms with Gasteiger partial charge in [0.2, 0.25) is 5.91 Å². The zero-order valence-corrected chi connectivity index (χ0v) is 25.7. The largest absolute Gasteiger partial charge is 0.445 e. The van der Waals surface area contributed by atoms with Crippen molar-refractivity contribution in [3.63, 3.8) is 0 Å². The zero-order chi connectivity index (χ0) is 30.1. The Kier molecular flexibility index (Phi) is 8.71. The van der Waals surface area contributed by atoms with E-state index in [9.17, 15) is 14.4 Å². The summed E-state index contributed by atoms with van der Waals surface area (Å²) in [7, 11) is 0. The fourth-order valence-electron chi connectivity index (χ4n) is 6.27. The molecule has 3 heterocycles. The van der Waals surface area contributed by atoms with Crippen LogP contribution in [0, 0.1) is 0 Å². The van der Waals surface area contributed by atoms with Gasteiger partial charge in [0.15, 0.2) is 0 Å². The SMILES string of the molecule is C[C@@H]1CN(CC(=O)N2CC3(CCN(C(=O)OCc4ccccc4)CC3)c3ccc(Cl)cc32)CCN1C(=O)OC(C)(C)C. The number of rotatable bonds is 4. The summed E-state index contributed by atoms with van der Waals surface area (Å²) in [5.41, 5.74) is 2.13. The molecule has 226 valence electrons. The van der Waals surface area contributed by atoms with E-state index in [0.29, 0.717) is 44.3 Å². The summed E-state index contributed by atoms with van der Waals surface area (Å²) in [6.45, 7) is 11.4. The number of fused-ring (bicyclic) bond motifs is 2. The molecule has 2 aromatic carbocycles. The van der Waals surface area contributed by atoms with Crippen molar-refractivity contribution < 1.29 is 23.9 Å². The summed E-state index contributed by atoms with van der Waals surface area (Å²) < 4.78 is 11.1. The van der Waals surface area contributed by atoms with E-state index in [2.05, 4.69) is 4.90 Å². The minimum absolute atomic E-state index is 0.0120. The molecule has 1 atom stereocenters. The highest BCUT2D eigenvalue weighted by Crippen LogP contribution is 2.48. The second kappa shape index (κ2) is 12.1. The summed E-state index contributed by atoms with van der Waals surface area (Å²) in [6, 6.07) is 15.4. The lowest BCUT2D eigenvalue weighted by molar-refractivity contribution is -0.120. The van der Waals surface area contributed by atoms with Crippen LogP contribution in [0.15, 0.2) is 48.5 Å². The van der Waals surface area contributed by atoms with Gasteiger partial charge in [-0.25, -0.2) is 9.59 Å². The van der Waals surface area contributed by atoms with Gasteiger partial charge in [-0.05, 0) is 63.8 Å². The van der Waals surface area contributed by atoms with E-state index in [4.69, 9.17) is 21.1 Å². The van der Waals surface area contributed by atoms with Crippen LogP contribution in [0.5, 0.6) is 0 Å². The molecule has 3 amide bonds. The molecule has 2 fully saturated rings. The van der Waals surface area contributed by atoms with Gasteiger partial charge in [0.25, 0.3) is 0 Å². The standard InChI is InChI=1S/C32H41ClN4O5/c1-23-19-34(16-17-36(23)30(40)42-31(2,3)4)20-28(38)37-22-32(26-11-10-25(33)18-27(26)37)12-14-35(15-13-32)29(39)41-21-24-8-6-5-7-9-24/h5-11,18,23H,12-17,19-22H2,1-4H3/t23-/m1/s1. The topological polar surface area (TPSA) is 82.6 Å².